The summed E-state index contributed by atoms with van der Waals surface area (Å²) < 4.78 is 14.6. The van der Waals surface area contributed by atoms with E-state index in [0.717, 1.165) is 22.4 Å². The summed E-state index contributed by atoms with van der Waals surface area (Å²) in [6.45, 7) is 0.917. The molecule has 1 heterocycles. The van der Waals surface area contributed by atoms with E-state index < -0.39 is 0 Å². The molecular formula is C13H13BrFN3S. The Morgan fingerprint density at radius 2 is 2.21 bits per heavy atom. The molecule has 0 aliphatic heterocycles. The van der Waals surface area contributed by atoms with Crippen LogP contribution in [-0.4, -0.2) is 22.8 Å². The number of hydrogen-bond donors (Lipinski definition) is 1. The van der Waals surface area contributed by atoms with Crippen LogP contribution in [0, 0.1) is 5.82 Å². The molecule has 3 rings (SSSR count). The number of hydrogen-bond acceptors (Lipinski definition) is 4. The Hall–Kier alpha value is -0.850. The summed E-state index contributed by atoms with van der Waals surface area (Å²) in [5, 5.41) is 13.2. The lowest BCUT2D eigenvalue weighted by atomic mass is 10.2. The number of rotatable bonds is 5. The van der Waals surface area contributed by atoms with E-state index in [-0.39, 0.29) is 5.82 Å². The van der Waals surface area contributed by atoms with Crippen molar-refractivity contribution in [2.45, 2.75) is 25.3 Å². The molecule has 0 saturated heterocycles. The quantitative estimate of drug-likeness (QED) is 0.905. The predicted octanol–water partition coefficient (Wildman–Crippen LogP) is 3.40. The van der Waals surface area contributed by atoms with E-state index in [0.29, 0.717) is 16.6 Å². The molecule has 6 heteroatoms. The lowest BCUT2D eigenvalue weighted by Gasteiger charge is -1.99. The second-order valence-corrected chi connectivity index (χ2v) is 6.58. The largest absolute Gasteiger partial charge is 0.314 e. The van der Waals surface area contributed by atoms with Crippen molar-refractivity contribution in [3.05, 3.63) is 33.5 Å². The first-order valence-corrected chi connectivity index (χ1v) is 7.84. The van der Waals surface area contributed by atoms with Crippen molar-refractivity contribution < 1.29 is 4.39 Å². The fourth-order valence-electron chi connectivity index (χ4n) is 1.80. The molecular weight excluding hydrogens is 329 g/mol. The van der Waals surface area contributed by atoms with Gasteiger partial charge in [0.05, 0.1) is 0 Å². The summed E-state index contributed by atoms with van der Waals surface area (Å²) in [4.78, 5) is 0. The van der Waals surface area contributed by atoms with E-state index in [2.05, 4.69) is 31.4 Å². The first-order valence-electron chi connectivity index (χ1n) is 6.23. The van der Waals surface area contributed by atoms with Crippen molar-refractivity contribution in [3.63, 3.8) is 0 Å². The first-order chi connectivity index (χ1) is 9.22. The predicted molar refractivity (Wildman–Crippen MR) is 77.7 cm³/mol. The molecule has 0 spiro atoms. The van der Waals surface area contributed by atoms with E-state index in [9.17, 15) is 4.39 Å². The Morgan fingerprint density at radius 3 is 3.00 bits per heavy atom. The SMILES string of the molecule is Fc1ccc(Br)cc1-c1nnc(CCNC2CC2)s1. The molecule has 0 atom stereocenters. The minimum absolute atomic E-state index is 0.262. The van der Waals surface area contributed by atoms with Crippen molar-refractivity contribution in [2.24, 2.45) is 0 Å². The molecule has 0 radical (unpaired) electrons. The van der Waals surface area contributed by atoms with Gasteiger partial charge >= 0.3 is 0 Å². The van der Waals surface area contributed by atoms with Gasteiger partial charge in [-0.1, -0.05) is 27.3 Å². The minimum Gasteiger partial charge on any atom is -0.314 e. The average Bonchev–Trinajstić information content (AvgIpc) is 3.10. The van der Waals surface area contributed by atoms with Crippen LogP contribution in [0.3, 0.4) is 0 Å². The van der Waals surface area contributed by atoms with Crippen molar-refractivity contribution in [1.29, 1.82) is 0 Å². The highest BCUT2D eigenvalue weighted by atomic mass is 79.9. The summed E-state index contributed by atoms with van der Waals surface area (Å²) in [7, 11) is 0. The fraction of sp³-hybridized carbons (Fsp3) is 0.385. The molecule has 1 aliphatic rings. The molecule has 1 aromatic carbocycles. The summed E-state index contributed by atoms with van der Waals surface area (Å²) in [6, 6.07) is 5.56. The maximum Gasteiger partial charge on any atom is 0.150 e. The van der Waals surface area contributed by atoms with Gasteiger partial charge in [0.1, 0.15) is 10.8 Å². The Balaban J connectivity index is 1.70. The van der Waals surface area contributed by atoms with E-state index in [1.54, 1.807) is 12.1 Å². The molecule has 3 nitrogen and oxygen atoms in total. The van der Waals surface area contributed by atoms with Crippen LogP contribution in [0.1, 0.15) is 17.8 Å². The van der Waals surface area contributed by atoms with Gasteiger partial charge in [0.15, 0.2) is 5.01 Å². The molecule has 0 amide bonds. The second kappa shape index (κ2) is 5.64. The molecule has 0 unspecified atom stereocenters. The third-order valence-corrected chi connectivity index (χ3v) is 4.48. The van der Waals surface area contributed by atoms with Crippen molar-refractivity contribution in [1.82, 2.24) is 15.5 Å². The van der Waals surface area contributed by atoms with Crippen LogP contribution in [0.4, 0.5) is 4.39 Å². The zero-order valence-electron chi connectivity index (χ0n) is 10.2. The van der Waals surface area contributed by atoms with Crippen molar-refractivity contribution in [3.8, 4) is 10.6 Å². The van der Waals surface area contributed by atoms with E-state index in [1.165, 1.54) is 30.2 Å². The monoisotopic (exact) mass is 341 g/mol. The summed E-state index contributed by atoms with van der Waals surface area (Å²) in [5.74, 6) is -0.262. The lowest BCUT2D eigenvalue weighted by molar-refractivity contribution is 0.630. The third-order valence-electron chi connectivity index (χ3n) is 2.97. The minimum atomic E-state index is -0.262. The lowest BCUT2D eigenvalue weighted by Crippen LogP contribution is -2.19. The third kappa shape index (κ3) is 3.38. The number of nitrogens with zero attached hydrogens (tertiary/aromatic N) is 2. The number of nitrogens with one attached hydrogen (secondary N) is 1. The molecule has 1 aromatic heterocycles. The zero-order chi connectivity index (χ0) is 13.2. The van der Waals surface area contributed by atoms with E-state index >= 15 is 0 Å². The van der Waals surface area contributed by atoms with Crippen LogP contribution in [0.5, 0.6) is 0 Å². The topological polar surface area (TPSA) is 37.8 Å². The first kappa shape index (κ1) is 13.1. The molecule has 1 aliphatic carbocycles. The Labute approximate surface area is 123 Å². The van der Waals surface area contributed by atoms with Crippen LogP contribution in [-0.2, 0) is 6.42 Å². The summed E-state index contributed by atoms with van der Waals surface area (Å²) in [6.07, 6.45) is 3.42. The molecule has 19 heavy (non-hydrogen) atoms. The Kier molecular flexibility index (Phi) is 3.91. The highest BCUT2D eigenvalue weighted by Crippen LogP contribution is 2.29. The van der Waals surface area contributed by atoms with Gasteiger partial charge in [-0.25, -0.2) is 4.39 Å². The smallest absolute Gasteiger partial charge is 0.150 e. The average molecular weight is 342 g/mol. The normalized spacial score (nSPS) is 14.8. The fourth-order valence-corrected chi connectivity index (χ4v) is 3.01. The molecule has 0 bridgehead atoms. The van der Waals surface area contributed by atoms with Gasteiger partial charge in [0.2, 0.25) is 0 Å². The maximum atomic E-state index is 13.7. The number of aromatic nitrogens is 2. The van der Waals surface area contributed by atoms with Gasteiger partial charge in [-0.05, 0) is 31.0 Å². The molecule has 100 valence electrons. The van der Waals surface area contributed by atoms with Crippen LogP contribution < -0.4 is 5.32 Å². The van der Waals surface area contributed by atoms with Crippen LogP contribution >= 0.6 is 27.3 Å². The van der Waals surface area contributed by atoms with E-state index in [4.69, 9.17) is 0 Å². The van der Waals surface area contributed by atoms with Gasteiger partial charge < -0.3 is 5.32 Å². The highest BCUT2D eigenvalue weighted by molar-refractivity contribution is 9.10. The van der Waals surface area contributed by atoms with Gasteiger partial charge in [-0.3, -0.25) is 0 Å². The Bertz CT molecular complexity index is 583. The van der Waals surface area contributed by atoms with Crippen LogP contribution in [0.2, 0.25) is 0 Å². The van der Waals surface area contributed by atoms with Crippen molar-refractivity contribution in [2.75, 3.05) is 6.54 Å². The zero-order valence-corrected chi connectivity index (χ0v) is 12.6. The van der Waals surface area contributed by atoms with Gasteiger partial charge in [-0.15, -0.1) is 10.2 Å². The number of benzene rings is 1. The van der Waals surface area contributed by atoms with Gasteiger partial charge in [-0.2, -0.15) is 0 Å². The van der Waals surface area contributed by atoms with Gasteiger partial charge in [0, 0.05) is 29.0 Å². The molecule has 2 aromatic rings. The van der Waals surface area contributed by atoms with E-state index in [1.807, 2.05) is 0 Å². The van der Waals surface area contributed by atoms with Crippen LogP contribution in [0.15, 0.2) is 22.7 Å². The number of halogens is 2. The standard InChI is InChI=1S/C13H13BrFN3S/c14-8-1-4-11(15)10(7-8)13-18-17-12(19-13)5-6-16-9-2-3-9/h1,4,7,9,16H,2-3,5-6H2. The molecule has 1 fully saturated rings. The van der Waals surface area contributed by atoms with Crippen LogP contribution in [0.25, 0.3) is 10.6 Å². The maximum absolute atomic E-state index is 13.7. The highest BCUT2D eigenvalue weighted by Gasteiger charge is 2.20. The second-order valence-electron chi connectivity index (χ2n) is 4.60. The van der Waals surface area contributed by atoms with Crippen molar-refractivity contribution >= 4 is 27.3 Å². The molecule has 1 N–H and O–H groups in total. The molecule has 1 saturated carbocycles. The van der Waals surface area contributed by atoms with Gasteiger partial charge in [0.25, 0.3) is 0 Å². The Morgan fingerprint density at radius 1 is 1.37 bits per heavy atom. The summed E-state index contributed by atoms with van der Waals surface area (Å²) in [5.41, 5.74) is 0.508. The summed E-state index contributed by atoms with van der Waals surface area (Å²) >= 11 is 4.80.